The Morgan fingerprint density at radius 3 is 2.47 bits per heavy atom. The van der Waals surface area contributed by atoms with Crippen LogP contribution in [0.5, 0.6) is 5.75 Å². The van der Waals surface area contributed by atoms with Gasteiger partial charge < -0.3 is 19.2 Å². The van der Waals surface area contributed by atoms with Crippen molar-refractivity contribution >= 4 is 23.2 Å². The lowest BCUT2D eigenvalue weighted by atomic mass is 10.2. The van der Waals surface area contributed by atoms with Crippen LogP contribution < -0.4 is 10.1 Å². The molecule has 0 radical (unpaired) electrons. The van der Waals surface area contributed by atoms with E-state index < -0.39 is 41.7 Å². The number of carbonyl (C=O) groups is 2. The van der Waals surface area contributed by atoms with Crippen LogP contribution >= 0.6 is 0 Å². The van der Waals surface area contributed by atoms with E-state index in [0.29, 0.717) is 12.8 Å². The van der Waals surface area contributed by atoms with Gasteiger partial charge >= 0.3 is 18.3 Å². The minimum atomic E-state index is -5.16. The van der Waals surface area contributed by atoms with Crippen molar-refractivity contribution in [1.29, 1.82) is 0 Å². The van der Waals surface area contributed by atoms with Crippen LogP contribution in [-0.4, -0.2) is 39.0 Å². The molecule has 14 heteroatoms. The molecule has 3 heterocycles. The lowest BCUT2D eigenvalue weighted by molar-refractivity contribution is -0.206. The third kappa shape index (κ3) is 5.52. The lowest BCUT2D eigenvalue weighted by Gasteiger charge is -2.16. The second kappa shape index (κ2) is 9.32. The maximum absolute atomic E-state index is 13.0. The van der Waals surface area contributed by atoms with Crippen molar-refractivity contribution in [3.63, 3.8) is 0 Å². The molecule has 1 atom stereocenters. The molecular weight excluding hydrogens is 498 g/mol. The Morgan fingerprint density at radius 1 is 1.14 bits per heavy atom. The Labute approximate surface area is 199 Å². The van der Waals surface area contributed by atoms with Gasteiger partial charge in [0.25, 0.3) is 5.91 Å². The van der Waals surface area contributed by atoms with Crippen LogP contribution in [0.15, 0.2) is 36.7 Å². The van der Waals surface area contributed by atoms with Gasteiger partial charge in [0.15, 0.2) is 0 Å². The van der Waals surface area contributed by atoms with Gasteiger partial charge in [0.05, 0.1) is 6.61 Å². The highest BCUT2D eigenvalue weighted by Gasteiger charge is 2.46. The van der Waals surface area contributed by atoms with E-state index in [9.17, 15) is 35.9 Å². The summed E-state index contributed by atoms with van der Waals surface area (Å²) in [6.07, 6.45) is -7.34. The number of ether oxygens (including phenoxy) is 2. The van der Waals surface area contributed by atoms with Crippen LogP contribution in [0.1, 0.15) is 47.7 Å². The summed E-state index contributed by atoms with van der Waals surface area (Å²) in [5.41, 5.74) is -1.40. The second-order valence-electron chi connectivity index (χ2n) is 7.94. The number of nitrogens with zero attached hydrogens (tertiary/aromatic N) is 3. The quantitative estimate of drug-likeness (QED) is 0.353. The number of fused-ring (bicyclic) bond motifs is 1. The molecule has 1 unspecified atom stereocenters. The van der Waals surface area contributed by atoms with Gasteiger partial charge in [-0.15, -0.1) is 0 Å². The van der Waals surface area contributed by atoms with Crippen molar-refractivity contribution in [1.82, 2.24) is 14.4 Å². The Bertz CT molecular complexity index is 1300. The van der Waals surface area contributed by atoms with Gasteiger partial charge in [-0.2, -0.15) is 26.3 Å². The minimum Gasteiger partial charge on any atom is -0.491 e. The average molecular weight is 516 g/mol. The molecule has 0 aliphatic heterocycles. The fraction of sp³-hybridized carbons (Fsp3) is 0.364. The minimum absolute atomic E-state index is 0.0489. The third-order valence-corrected chi connectivity index (χ3v) is 5.20. The molecule has 0 spiro atoms. The number of aromatic nitrogens is 3. The molecule has 0 saturated heterocycles. The van der Waals surface area contributed by atoms with E-state index in [2.05, 4.69) is 20.0 Å². The molecule has 0 aromatic carbocycles. The van der Waals surface area contributed by atoms with E-state index in [1.807, 2.05) is 0 Å². The van der Waals surface area contributed by atoms with Crippen molar-refractivity contribution in [2.24, 2.45) is 5.92 Å². The third-order valence-electron chi connectivity index (χ3n) is 5.20. The summed E-state index contributed by atoms with van der Waals surface area (Å²) in [5.74, 6) is -3.49. The smallest absolute Gasteiger partial charge is 0.490 e. The van der Waals surface area contributed by atoms with Gasteiger partial charge in [0, 0.05) is 24.4 Å². The summed E-state index contributed by atoms with van der Waals surface area (Å²) >= 11 is 0. The molecule has 1 aliphatic carbocycles. The molecule has 1 N–H and O–H groups in total. The standard InChI is InChI=1S/C22H18F6N4O4/c1-2-35-15-8-17-30-14(18(11-6-7-11)36-20(34)22(26,27)28)10-32(17)9-13(15)31-19(33)12-4-3-5-16(29-12)21(23,24)25/h3-5,8-11,18H,2,6-7H2,1H3,(H,31,33). The van der Waals surface area contributed by atoms with Crippen LogP contribution in [0.3, 0.4) is 0 Å². The van der Waals surface area contributed by atoms with E-state index in [0.717, 1.165) is 18.2 Å². The summed E-state index contributed by atoms with van der Waals surface area (Å²) in [6, 6.07) is 4.26. The first-order valence-corrected chi connectivity index (χ1v) is 10.7. The van der Waals surface area contributed by atoms with E-state index in [1.165, 1.54) is 22.9 Å². The first kappa shape index (κ1) is 25.3. The van der Waals surface area contributed by atoms with Crippen molar-refractivity contribution in [3.8, 4) is 5.75 Å². The summed E-state index contributed by atoms with van der Waals surface area (Å²) < 4.78 is 88.6. The molecule has 4 rings (SSSR count). The number of esters is 1. The van der Waals surface area contributed by atoms with Crippen LogP contribution in [0, 0.1) is 5.92 Å². The Balaban J connectivity index is 1.65. The number of rotatable bonds is 7. The monoisotopic (exact) mass is 516 g/mol. The van der Waals surface area contributed by atoms with Crippen LogP contribution in [0.25, 0.3) is 5.65 Å². The number of hydrogen-bond acceptors (Lipinski definition) is 6. The summed E-state index contributed by atoms with van der Waals surface area (Å²) in [4.78, 5) is 31.6. The number of imidazole rings is 1. The number of nitrogens with one attached hydrogen (secondary N) is 1. The van der Waals surface area contributed by atoms with Gasteiger partial charge in [0.2, 0.25) is 0 Å². The molecule has 3 aromatic rings. The maximum atomic E-state index is 13.0. The largest absolute Gasteiger partial charge is 0.491 e. The predicted octanol–water partition coefficient (Wildman–Crippen LogP) is 4.96. The molecule has 1 fully saturated rings. The van der Waals surface area contributed by atoms with Crippen molar-refractivity contribution in [2.45, 2.75) is 38.2 Å². The summed E-state index contributed by atoms with van der Waals surface area (Å²) in [7, 11) is 0. The molecule has 0 bridgehead atoms. The molecule has 192 valence electrons. The number of pyridine rings is 2. The fourth-order valence-corrected chi connectivity index (χ4v) is 3.43. The summed E-state index contributed by atoms with van der Waals surface area (Å²) in [6.45, 7) is 1.81. The van der Waals surface area contributed by atoms with Gasteiger partial charge in [-0.25, -0.2) is 14.8 Å². The second-order valence-corrected chi connectivity index (χ2v) is 7.94. The maximum Gasteiger partial charge on any atom is 0.490 e. The van der Waals surface area contributed by atoms with E-state index in [4.69, 9.17) is 4.74 Å². The zero-order chi connectivity index (χ0) is 26.3. The number of carbonyl (C=O) groups excluding carboxylic acids is 2. The molecule has 1 amide bonds. The SMILES string of the molecule is CCOc1cc2nc(C(OC(=O)C(F)(F)F)C3CC3)cn2cc1NC(=O)c1cccc(C(F)(F)F)n1. The topological polar surface area (TPSA) is 94.8 Å². The Morgan fingerprint density at radius 2 is 1.86 bits per heavy atom. The highest BCUT2D eigenvalue weighted by molar-refractivity contribution is 6.03. The van der Waals surface area contributed by atoms with Crippen molar-refractivity contribution in [3.05, 3.63) is 53.7 Å². The Hall–Kier alpha value is -3.84. The number of amides is 1. The van der Waals surface area contributed by atoms with E-state index >= 15 is 0 Å². The van der Waals surface area contributed by atoms with Gasteiger partial charge in [-0.3, -0.25) is 4.79 Å². The fourth-order valence-electron chi connectivity index (χ4n) is 3.43. The zero-order valence-corrected chi connectivity index (χ0v) is 18.5. The molecule has 8 nitrogen and oxygen atoms in total. The highest BCUT2D eigenvalue weighted by atomic mass is 19.4. The number of halogens is 6. The van der Waals surface area contributed by atoms with Crippen LogP contribution in [-0.2, 0) is 15.7 Å². The van der Waals surface area contributed by atoms with E-state index in [-0.39, 0.29) is 35.3 Å². The number of alkyl halides is 6. The van der Waals surface area contributed by atoms with Gasteiger partial charge in [-0.05, 0) is 31.9 Å². The highest BCUT2D eigenvalue weighted by Crippen LogP contribution is 2.44. The number of hydrogen-bond donors (Lipinski definition) is 1. The summed E-state index contributed by atoms with van der Waals surface area (Å²) in [5, 5.41) is 2.43. The van der Waals surface area contributed by atoms with Gasteiger partial charge in [0.1, 0.15) is 40.3 Å². The Kier molecular flexibility index (Phi) is 6.54. The first-order valence-electron chi connectivity index (χ1n) is 10.7. The molecule has 1 aliphatic rings. The zero-order valence-electron chi connectivity index (χ0n) is 18.5. The normalized spacial score (nSPS) is 15.0. The van der Waals surface area contributed by atoms with Crippen molar-refractivity contribution < 1.29 is 45.4 Å². The van der Waals surface area contributed by atoms with Crippen LogP contribution in [0.2, 0.25) is 0 Å². The van der Waals surface area contributed by atoms with E-state index in [1.54, 1.807) is 6.92 Å². The molecular formula is C22H18F6N4O4. The number of anilines is 1. The molecule has 3 aromatic heterocycles. The van der Waals surface area contributed by atoms with Crippen molar-refractivity contribution in [2.75, 3.05) is 11.9 Å². The molecule has 1 saturated carbocycles. The predicted molar refractivity (Wildman–Crippen MR) is 111 cm³/mol. The average Bonchev–Trinajstić information content (AvgIpc) is 3.56. The van der Waals surface area contributed by atoms with Gasteiger partial charge in [-0.1, -0.05) is 6.07 Å². The van der Waals surface area contributed by atoms with Crippen LogP contribution in [0.4, 0.5) is 32.0 Å². The lowest BCUT2D eigenvalue weighted by Crippen LogP contribution is -2.27. The first-order chi connectivity index (χ1) is 16.9. The molecule has 36 heavy (non-hydrogen) atoms.